The number of aliphatic carboxylic acids is 1. The van der Waals surface area contributed by atoms with Crippen LogP contribution in [0.15, 0.2) is 24.3 Å². The number of nitrogens with one attached hydrogen (secondary N) is 1. The number of carbonyl (C=O) groups is 3. The molecule has 8 heteroatoms. The molecule has 0 fully saturated rings. The molecule has 2 amide bonds. The van der Waals surface area contributed by atoms with Gasteiger partial charge in [0.2, 0.25) is 5.91 Å². The van der Waals surface area contributed by atoms with Gasteiger partial charge in [0.05, 0.1) is 12.0 Å². The number of nitrogens with two attached hydrogens (primary N) is 1. The van der Waals surface area contributed by atoms with Crippen molar-refractivity contribution in [3.05, 3.63) is 29.8 Å². The van der Waals surface area contributed by atoms with Gasteiger partial charge in [0, 0.05) is 0 Å². The van der Waals surface area contributed by atoms with E-state index >= 15 is 0 Å². The number of primary amides is 1. The van der Waals surface area contributed by atoms with Crippen molar-refractivity contribution in [1.29, 1.82) is 5.26 Å². The van der Waals surface area contributed by atoms with E-state index in [2.05, 4.69) is 5.32 Å². The van der Waals surface area contributed by atoms with E-state index in [4.69, 9.17) is 20.8 Å². The molecule has 0 aliphatic heterocycles. The minimum Gasteiger partial charge on any atom is -0.482 e. The SMILES string of the molecule is N#Cc1ccccc1OCC(=O)N[C@H](CC(N)=O)C(=O)O. The minimum absolute atomic E-state index is 0.205. The van der Waals surface area contributed by atoms with Crippen LogP contribution in [0.3, 0.4) is 0 Å². The summed E-state index contributed by atoms with van der Waals surface area (Å²) >= 11 is 0. The number of nitriles is 1. The highest BCUT2D eigenvalue weighted by molar-refractivity contribution is 5.88. The minimum atomic E-state index is -1.41. The van der Waals surface area contributed by atoms with Crippen LogP contribution in [0.25, 0.3) is 0 Å². The van der Waals surface area contributed by atoms with Gasteiger partial charge in [-0.25, -0.2) is 4.79 Å². The summed E-state index contributed by atoms with van der Waals surface area (Å²) in [5.41, 5.74) is 5.14. The molecule has 1 rings (SSSR count). The van der Waals surface area contributed by atoms with E-state index in [1.54, 1.807) is 12.1 Å². The quantitative estimate of drug-likeness (QED) is 0.611. The zero-order valence-corrected chi connectivity index (χ0v) is 10.9. The number of hydrogen-bond donors (Lipinski definition) is 3. The lowest BCUT2D eigenvalue weighted by molar-refractivity contribution is -0.143. The fraction of sp³-hybridized carbons (Fsp3) is 0.231. The smallest absolute Gasteiger partial charge is 0.326 e. The van der Waals surface area contributed by atoms with Crippen molar-refractivity contribution >= 4 is 17.8 Å². The van der Waals surface area contributed by atoms with E-state index < -0.39 is 36.9 Å². The molecule has 110 valence electrons. The summed E-state index contributed by atoms with van der Waals surface area (Å²) in [4.78, 5) is 33.1. The van der Waals surface area contributed by atoms with Crippen molar-refractivity contribution in [2.75, 3.05) is 6.61 Å². The number of carboxylic acids is 1. The monoisotopic (exact) mass is 291 g/mol. The Hall–Kier alpha value is -3.08. The molecule has 1 atom stereocenters. The van der Waals surface area contributed by atoms with Gasteiger partial charge in [-0.15, -0.1) is 0 Å². The van der Waals surface area contributed by atoms with E-state index in [0.29, 0.717) is 0 Å². The molecule has 1 aromatic rings. The molecule has 21 heavy (non-hydrogen) atoms. The Labute approximate surface area is 120 Å². The number of ether oxygens (including phenoxy) is 1. The van der Waals surface area contributed by atoms with Crippen molar-refractivity contribution in [3.8, 4) is 11.8 Å². The zero-order valence-electron chi connectivity index (χ0n) is 10.9. The average Bonchev–Trinajstić information content (AvgIpc) is 2.44. The Balaban J connectivity index is 2.59. The Bertz CT molecular complexity index is 594. The molecule has 0 spiro atoms. The largest absolute Gasteiger partial charge is 0.482 e. The number of nitrogens with zero attached hydrogens (tertiary/aromatic N) is 1. The number of rotatable bonds is 7. The highest BCUT2D eigenvalue weighted by Gasteiger charge is 2.22. The molecule has 1 aromatic carbocycles. The third-order valence-corrected chi connectivity index (χ3v) is 2.40. The lowest BCUT2D eigenvalue weighted by Crippen LogP contribution is -2.45. The summed E-state index contributed by atoms with van der Waals surface area (Å²) in [6.45, 7) is -0.485. The summed E-state index contributed by atoms with van der Waals surface area (Å²) in [6.07, 6.45) is -0.518. The molecular weight excluding hydrogens is 278 g/mol. The molecule has 0 unspecified atom stereocenters. The number of carbonyl (C=O) groups excluding carboxylic acids is 2. The summed E-state index contributed by atoms with van der Waals surface area (Å²) < 4.78 is 5.13. The molecule has 0 saturated heterocycles. The average molecular weight is 291 g/mol. The van der Waals surface area contributed by atoms with Gasteiger partial charge in [-0.2, -0.15) is 5.26 Å². The second-order valence-corrected chi connectivity index (χ2v) is 4.03. The third kappa shape index (κ3) is 5.20. The van der Waals surface area contributed by atoms with E-state index in [1.165, 1.54) is 12.1 Å². The van der Waals surface area contributed by atoms with Gasteiger partial charge in [0.25, 0.3) is 5.91 Å². The van der Waals surface area contributed by atoms with Crippen LogP contribution in [-0.4, -0.2) is 35.5 Å². The van der Waals surface area contributed by atoms with E-state index in [9.17, 15) is 14.4 Å². The van der Waals surface area contributed by atoms with Crippen LogP contribution in [0.5, 0.6) is 5.75 Å². The lowest BCUT2D eigenvalue weighted by Gasteiger charge is -2.13. The number of amides is 2. The third-order valence-electron chi connectivity index (χ3n) is 2.40. The van der Waals surface area contributed by atoms with Gasteiger partial charge in [0.1, 0.15) is 17.9 Å². The molecule has 0 aliphatic carbocycles. The lowest BCUT2D eigenvalue weighted by atomic mass is 10.2. The van der Waals surface area contributed by atoms with Gasteiger partial charge < -0.3 is 20.9 Å². The van der Waals surface area contributed by atoms with Gasteiger partial charge in [-0.3, -0.25) is 9.59 Å². The first-order valence-electron chi connectivity index (χ1n) is 5.86. The van der Waals surface area contributed by atoms with E-state index in [0.717, 1.165) is 0 Å². The molecule has 0 saturated carbocycles. The van der Waals surface area contributed by atoms with Crippen molar-refractivity contribution in [2.24, 2.45) is 5.73 Å². The van der Waals surface area contributed by atoms with Crippen molar-refractivity contribution in [1.82, 2.24) is 5.32 Å². The first-order chi connectivity index (χ1) is 9.93. The maximum absolute atomic E-state index is 11.6. The van der Waals surface area contributed by atoms with Crippen LogP contribution in [0.4, 0.5) is 0 Å². The molecular formula is C13H13N3O5. The van der Waals surface area contributed by atoms with Crippen LogP contribution in [0.1, 0.15) is 12.0 Å². The summed E-state index contributed by atoms with van der Waals surface area (Å²) in [7, 11) is 0. The topological polar surface area (TPSA) is 143 Å². The molecule has 0 aliphatic rings. The Kier molecular flexibility index (Phi) is 5.70. The summed E-state index contributed by atoms with van der Waals surface area (Å²) in [5.74, 6) is -2.76. The maximum Gasteiger partial charge on any atom is 0.326 e. The first kappa shape index (κ1) is 16.0. The number of benzene rings is 1. The van der Waals surface area contributed by atoms with Gasteiger partial charge in [0.15, 0.2) is 6.61 Å². The molecule has 4 N–H and O–H groups in total. The van der Waals surface area contributed by atoms with Crippen molar-refractivity contribution < 1.29 is 24.2 Å². The van der Waals surface area contributed by atoms with Gasteiger partial charge in [-0.05, 0) is 12.1 Å². The summed E-state index contributed by atoms with van der Waals surface area (Å²) in [5, 5.41) is 19.8. The van der Waals surface area contributed by atoms with E-state index in [-0.39, 0.29) is 11.3 Å². The maximum atomic E-state index is 11.6. The van der Waals surface area contributed by atoms with Gasteiger partial charge >= 0.3 is 5.97 Å². The predicted molar refractivity (Wildman–Crippen MR) is 70.0 cm³/mol. The second kappa shape index (κ2) is 7.49. The van der Waals surface area contributed by atoms with Crippen LogP contribution < -0.4 is 15.8 Å². The number of hydrogen-bond acceptors (Lipinski definition) is 5. The highest BCUT2D eigenvalue weighted by Crippen LogP contribution is 2.16. The Morgan fingerprint density at radius 1 is 1.38 bits per heavy atom. The molecule has 0 bridgehead atoms. The number of para-hydroxylation sites is 1. The zero-order chi connectivity index (χ0) is 15.8. The van der Waals surface area contributed by atoms with Gasteiger partial charge in [-0.1, -0.05) is 12.1 Å². The summed E-state index contributed by atoms with van der Waals surface area (Å²) in [6, 6.07) is 6.76. The normalized spacial score (nSPS) is 11.0. The van der Waals surface area contributed by atoms with Crippen molar-refractivity contribution in [2.45, 2.75) is 12.5 Å². The van der Waals surface area contributed by atoms with Crippen LogP contribution in [-0.2, 0) is 14.4 Å². The van der Waals surface area contributed by atoms with Crippen LogP contribution in [0, 0.1) is 11.3 Å². The predicted octanol–water partition coefficient (Wildman–Crippen LogP) is -0.618. The fourth-order valence-corrected chi connectivity index (χ4v) is 1.47. The Morgan fingerprint density at radius 3 is 2.62 bits per heavy atom. The second-order valence-electron chi connectivity index (χ2n) is 4.03. The standard InChI is InChI=1S/C13H13N3O5/c14-6-8-3-1-2-4-10(8)21-7-12(18)16-9(13(19)20)5-11(15)17/h1-4,9H,5,7H2,(H2,15,17)(H,16,18)(H,19,20)/t9-/m1/s1. The highest BCUT2D eigenvalue weighted by atomic mass is 16.5. The van der Waals surface area contributed by atoms with Crippen LogP contribution in [0.2, 0.25) is 0 Å². The molecule has 0 radical (unpaired) electrons. The molecule has 8 nitrogen and oxygen atoms in total. The Morgan fingerprint density at radius 2 is 2.05 bits per heavy atom. The van der Waals surface area contributed by atoms with E-state index in [1.807, 2.05) is 6.07 Å². The van der Waals surface area contributed by atoms with Crippen molar-refractivity contribution in [3.63, 3.8) is 0 Å². The molecule has 0 aromatic heterocycles. The fourth-order valence-electron chi connectivity index (χ4n) is 1.47. The first-order valence-corrected chi connectivity index (χ1v) is 5.86. The molecule has 0 heterocycles. The number of carboxylic acid groups (broad SMARTS) is 1. The van der Waals surface area contributed by atoms with Crippen LogP contribution >= 0.6 is 0 Å².